The summed E-state index contributed by atoms with van der Waals surface area (Å²) in [6.45, 7) is 0. The first-order valence-corrected chi connectivity index (χ1v) is 8.89. The van der Waals surface area contributed by atoms with Crippen molar-refractivity contribution in [2.75, 3.05) is 5.32 Å². The molecule has 1 fully saturated rings. The number of carbonyl (C=O) groups is 2. The fraction of sp³-hybridized carbons (Fsp3) is 0.143. The van der Waals surface area contributed by atoms with E-state index in [0.29, 0.717) is 5.92 Å². The van der Waals surface area contributed by atoms with E-state index in [1.807, 2.05) is 0 Å². The van der Waals surface area contributed by atoms with E-state index in [0.717, 1.165) is 42.9 Å². The number of hydrogen-bond donors (Lipinski definition) is 2. The van der Waals surface area contributed by atoms with Crippen LogP contribution in [0.2, 0.25) is 0 Å². The average molecular weight is 419 g/mol. The van der Waals surface area contributed by atoms with Crippen molar-refractivity contribution in [2.45, 2.75) is 18.8 Å². The Kier molecular flexibility index (Phi) is 6.60. The fourth-order valence-electron chi connectivity index (χ4n) is 3.00. The van der Waals surface area contributed by atoms with Gasteiger partial charge in [-0.25, -0.2) is 23.5 Å². The quantitative estimate of drug-likeness (QED) is 0.610. The van der Waals surface area contributed by atoms with Crippen LogP contribution in [0, 0.1) is 11.6 Å². The van der Waals surface area contributed by atoms with Gasteiger partial charge < -0.3 is 11.8 Å². The third-order valence-electron chi connectivity index (χ3n) is 4.67. The number of benzene rings is 2. The predicted octanol–water partition coefficient (Wildman–Crippen LogP) is 1.37. The van der Waals surface area contributed by atoms with Gasteiger partial charge in [0.1, 0.15) is 11.6 Å². The van der Waals surface area contributed by atoms with Gasteiger partial charge in [-0.3, -0.25) is 4.79 Å². The van der Waals surface area contributed by atoms with Crippen LogP contribution in [0.15, 0.2) is 48.8 Å². The Morgan fingerprint density at radius 2 is 1.70 bits per heavy atom. The number of nitrogens with zero attached hydrogens (tertiary/aromatic N) is 2. The van der Waals surface area contributed by atoms with Gasteiger partial charge in [-0.2, -0.15) is 0 Å². The number of amides is 1. The molecule has 1 aliphatic carbocycles. The fourth-order valence-corrected chi connectivity index (χ4v) is 3.00. The maximum Gasteiger partial charge on any atom is 1.00 e. The van der Waals surface area contributed by atoms with Crippen molar-refractivity contribution >= 4 is 17.6 Å². The standard InChI is InChI=1S/C21H15F2N3O3.Na.H/c22-15-2-1-3-16(23)18(15)19-24-9-13(10-25-19)20(27)26-17-7-6-12(11-4-5-11)8-14(17)21(28)29;;/h1-3,6-11H,4-5H2,(H,26,27)(H,28,29);;/q;+1;-1. The summed E-state index contributed by atoms with van der Waals surface area (Å²) in [5, 5.41) is 12.0. The Morgan fingerprint density at radius 1 is 1.07 bits per heavy atom. The first-order chi connectivity index (χ1) is 13.9. The molecule has 0 atom stereocenters. The van der Waals surface area contributed by atoms with Crippen molar-refractivity contribution in [2.24, 2.45) is 0 Å². The molecule has 6 nitrogen and oxygen atoms in total. The van der Waals surface area contributed by atoms with Crippen LogP contribution in [-0.2, 0) is 0 Å². The molecule has 0 unspecified atom stereocenters. The summed E-state index contributed by atoms with van der Waals surface area (Å²) in [5.41, 5.74) is 0.709. The summed E-state index contributed by atoms with van der Waals surface area (Å²) < 4.78 is 27.7. The molecule has 1 saturated carbocycles. The van der Waals surface area contributed by atoms with Crippen LogP contribution in [0.5, 0.6) is 0 Å². The molecule has 0 spiro atoms. The SMILES string of the molecule is O=C(Nc1ccc(C2CC2)cc1C(=O)O)c1cnc(-c2c(F)cccc2F)nc1.[H-].[Na+]. The van der Waals surface area contributed by atoms with Gasteiger partial charge in [-0.15, -0.1) is 0 Å². The van der Waals surface area contributed by atoms with E-state index in [2.05, 4.69) is 15.3 Å². The number of aromatic carboxylic acids is 1. The number of hydrogen-bond acceptors (Lipinski definition) is 4. The minimum Gasteiger partial charge on any atom is -1.00 e. The monoisotopic (exact) mass is 419 g/mol. The Morgan fingerprint density at radius 3 is 2.27 bits per heavy atom. The van der Waals surface area contributed by atoms with Crippen LogP contribution in [0.3, 0.4) is 0 Å². The van der Waals surface area contributed by atoms with Crippen LogP contribution in [0.25, 0.3) is 11.4 Å². The third-order valence-corrected chi connectivity index (χ3v) is 4.67. The minimum absolute atomic E-state index is 0. The van der Waals surface area contributed by atoms with Crippen LogP contribution in [0.4, 0.5) is 14.5 Å². The molecule has 1 aliphatic rings. The number of rotatable bonds is 5. The molecule has 30 heavy (non-hydrogen) atoms. The summed E-state index contributed by atoms with van der Waals surface area (Å²) in [6, 6.07) is 8.31. The van der Waals surface area contributed by atoms with Gasteiger partial charge in [0.2, 0.25) is 0 Å². The number of carboxylic acids is 1. The summed E-state index contributed by atoms with van der Waals surface area (Å²) in [6.07, 6.45) is 4.30. The smallest absolute Gasteiger partial charge is 1.00 e. The van der Waals surface area contributed by atoms with Crippen LogP contribution < -0.4 is 34.9 Å². The number of aromatic nitrogens is 2. The zero-order valence-corrected chi connectivity index (χ0v) is 18.0. The molecule has 1 aromatic heterocycles. The molecule has 2 N–H and O–H groups in total. The zero-order chi connectivity index (χ0) is 20.5. The van der Waals surface area contributed by atoms with Crippen molar-refractivity contribution < 1.29 is 54.5 Å². The molecule has 0 aliphatic heterocycles. The molecular formula is C21H16F2N3NaO3. The molecule has 3 aromatic rings. The molecule has 2 aromatic carbocycles. The molecule has 9 heteroatoms. The molecule has 1 amide bonds. The van der Waals surface area contributed by atoms with Gasteiger partial charge in [-0.1, -0.05) is 12.1 Å². The first kappa shape index (κ1) is 22.0. The van der Waals surface area contributed by atoms with Gasteiger partial charge in [0.05, 0.1) is 22.4 Å². The number of anilines is 1. The number of nitrogens with one attached hydrogen (secondary N) is 1. The van der Waals surface area contributed by atoms with Crippen LogP contribution in [0.1, 0.15) is 46.5 Å². The van der Waals surface area contributed by atoms with E-state index < -0.39 is 23.5 Å². The minimum atomic E-state index is -1.15. The second-order valence-electron chi connectivity index (χ2n) is 6.73. The van der Waals surface area contributed by atoms with E-state index in [4.69, 9.17) is 0 Å². The Hall–Kier alpha value is -2.68. The molecule has 1 heterocycles. The maximum atomic E-state index is 13.8. The van der Waals surface area contributed by atoms with Crippen molar-refractivity contribution in [3.05, 3.63) is 77.1 Å². The summed E-state index contributed by atoms with van der Waals surface area (Å²) in [7, 11) is 0. The zero-order valence-electron chi connectivity index (χ0n) is 17.0. The van der Waals surface area contributed by atoms with E-state index in [-0.39, 0.29) is 59.2 Å². The molecular weight excluding hydrogens is 403 g/mol. The Labute approximate surface area is 194 Å². The topological polar surface area (TPSA) is 92.2 Å². The van der Waals surface area contributed by atoms with Gasteiger partial charge in [0.15, 0.2) is 5.82 Å². The van der Waals surface area contributed by atoms with Crippen molar-refractivity contribution in [1.82, 2.24) is 9.97 Å². The first-order valence-electron chi connectivity index (χ1n) is 8.89. The van der Waals surface area contributed by atoms with Crippen molar-refractivity contribution in [3.8, 4) is 11.4 Å². The largest absolute Gasteiger partial charge is 1.00 e. The van der Waals surface area contributed by atoms with E-state index in [1.165, 1.54) is 6.07 Å². The van der Waals surface area contributed by atoms with E-state index in [9.17, 15) is 23.5 Å². The summed E-state index contributed by atoms with van der Waals surface area (Å²) in [4.78, 5) is 31.8. The molecule has 4 rings (SSSR count). The van der Waals surface area contributed by atoms with Gasteiger partial charge in [0, 0.05) is 12.4 Å². The maximum absolute atomic E-state index is 13.8. The van der Waals surface area contributed by atoms with Crippen molar-refractivity contribution in [1.29, 1.82) is 0 Å². The summed E-state index contributed by atoms with van der Waals surface area (Å²) >= 11 is 0. The van der Waals surface area contributed by atoms with E-state index >= 15 is 0 Å². The third kappa shape index (κ3) is 4.56. The average Bonchev–Trinajstić information content (AvgIpc) is 3.54. The number of carboxylic acid groups (broad SMARTS) is 1. The Bertz CT molecular complexity index is 1110. The van der Waals surface area contributed by atoms with Gasteiger partial charge in [-0.05, 0) is 48.6 Å². The molecule has 0 saturated heterocycles. The van der Waals surface area contributed by atoms with Crippen molar-refractivity contribution in [3.63, 3.8) is 0 Å². The van der Waals surface area contributed by atoms with Crippen LogP contribution >= 0.6 is 0 Å². The van der Waals surface area contributed by atoms with E-state index in [1.54, 1.807) is 18.2 Å². The molecule has 0 bridgehead atoms. The number of halogens is 2. The normalized spacial score (nSPS) is 12.7. The molecule has 148 valence electrons. The predicted molar refractivity (Wildman–Crippen MR) is 102 cm³/mol. The second-order valence-corrected chi connectivity index (χ2v) is 6.73. The Balaban J connectivity index is 0.00000171. The second kappa shape index (κ2) is 8.99. The molecule has 0 radical (unpaired) electrons. The van der Waals surface area contributed by atoms with Crippen LogP contribution in [-0.4, -0.2) is 27.0 Å². The van der Waals surface area contributed by atoms with Gasteiger partial charge in [0.25, 0.3) is 5.91 Å². The van der Waals surface area contributed by atoms with Gasteiger partial charge >= 0.3 is 35.5 Å². The number of carbonyl (C=O) groups excluding carboxylic acids is 1. The summed E-state index contributed by atoms with van der Waals surface area (Å²) in [5.74, 6) is -3.24.